The highest BCUT2D eigenvalue weighted by atomic mass is 16.5. The van der Waals surface area contributed by atoms with Crippen LogP contribution >= 0.6 is 0 Å². The van der Waals surface area contributed by atoms with E-state index in [0.29, 0.717) is 18.7 Å². The average molecular weight is 265 g/mol. The van der Waals surface area contributed by atoms with Gasteiger partial charge in [0.1, 0.15) is 11.3 Å². The van der Waals surface area contributed by atoms with Gasteiger partial charge in [0, 0.05) is 37.2 Å². The highest BCUT2D eigenvalue weighted by Gasteiger charge is 2.30. The van der Waals surface area contributed by atoms with Crippen LogP contribution < -0.4 is 9.64 Å². The second-order valence-corrected chi connectivity index (χ2v) is 4.45. The fraction of sp³-hybridized carbons (Fsp3) is 0.385. The maximum Gasteiger partial charge on any atom is 0.339 e. The van der Waals surface area contributed by atoms with E-state index in [1.54, 1.807) is 6.07 Å². The lowest BCUT2D eigenvalue weighted by Gasteiger charge is -2.18. The molecule has 6 nitrogen and oxygen atoms in total. The van der Waals surface area contributed by atoms with Crippen LogP contribution in [0.25, 0.3) is 0 Å². The minimum Gasteiger partial charge on any atom is -0.496 e. The number of amides is 1. The van der Waals surface area contributed by atoms with Crippen molar-refractivity contribution in [3.63, 3.8) is 0 Å². The van der Waals surface area contributed by atoms with Crippen LogP contribution in [0.5, 0.6) is 5.75 Å². The van der Waals surface area contributed by atoms with Gasteiger partial charge in [0.05, 0.1) is 7.11 Å². The van der Waals surface area contributed by atoms with E-state index < -0.39 is 5.97 Å². The Hall–Kier alpha value is -2.08. The molecule has 2 rings (SSSR count). The maximum absolute atomic E-state index is 11.8. The Kier molecular flexibility index (Phi) is 3.71. The summed E-state index contributed by atoms with van der Waals surface area (Å²) in [5.41, 5.74) is 0.638. The van der Waals surface area contributed by atoms with Crippen LogP contribution in [0.4, 0.5) is 5.69 Å². The van der Waals surface area contributed by atoms with E-state index in [1.807, 2.05) is 0 Å². The molecule has 1 aromatic carbocycles. The molecule has 0 saturated carbocycles. The van der Waals surface area contributed by atoms with Crippen LogP contribution in [0.15, 0.2) is 18.2 Å². The number of rotatable bonds is 4. The van der Waals surface area contributed by atoms with Crippen molar-refractivity contribution in [3.8, 4) is 5.75 Å². The largest absolute Gasteiger partial charge is 0.496 e. The Morgan fingerprint density at radius 1 is 1.53 bits per heavy atom. The number of carboxylic acid groups (broad SMARTS) is 1. The summed E-state index contributed by atoms with van der Waals surface area (Å²) in [5, 5.41) is 18.1. The molecule has 1 aliphatic rings. The van der Waals surface area contributed by atoms with Crippen molar-refractivity contribution >= 4 is 17.6 Å². The number of ether oxygens (including phenoxy) is 1. The van der Waals surface area contributed by atoms with E-state index >= 15 is 0 Å². The number of aliphatic hydroxyl groups excluding tert-OH is 1. The van der Waals surface area contributed by atoms with Gasteiger partial charge in [-0.2, -0.15) is 0 Å². The van der Waals surface area contributed by atoms with Crippen LogP contribution in [-0.2, 0) is 4.79 Å². The van der Waals surface area contributed by atoms with Gasteiger partial charge in [-0.3, -0.25) is 4.79 Å². The quantitative estimate of drug-likeness (QED) is 0.838. The van der Waals surface area contributed by atoms with Crippen molar-refractivity contribution in [1.82, 2.24) is 0 Å². The molecule has 0 radical (unpaired) electrons. The first-order chi connectivity index (χ1) is 9.06. The zero-order chi connectivity index (χ0) is 14.0. The van der Waals surface area contributed by atoms with E-state index in [2.05, 4.69) is 0 Å². The van der Waals surface area contributed by atoms with E-state index in [9.17, 15) is 9.59 Å². The Balaban J connectivity index is 2.31. The number of carboxylic acids is 1. The van der Waals surface area contributed by atoms with E-state index in [-0.39, 0.29) is 29.7 Å². The number of anilines is 1. The predicted octanol–water partition coefficient (Wildman–Crippen LogP) is 0.739. The number of carbonyl (C=O) groups excluding carboxylic acids is 1. The van der Waals surface area contributed by atoms with Gasteiger partial charge in [0.2, 0.25) is 5.91 Å². The molecule has 1 amide bonds. The minimum absolute atomic E-state index is 0.0351. The monoisotopic (exact) mass is 265 g/mol. The second kappa shape index (κ2) is 5.27. The van der Waals surface area contributed by atoms with Gasteiger partial charge < -0.3 is 19.8 Å². The molecular weight excluding hydrogens is 250 g/mol. The lowest BCUT2D eigenvalue weighted by atomic mass is 10.1. The third-order valence-electron chi connectivity index (χ3n) is 3.19. The second-order valence-electron chi connectivity index (χ2n) is 4.45. The number of aromatic carboxylic acids is 1. The van der Waals surface area contributed by atoms with Crippen molar-refractivity contribution in [1.29, 1.82) is 0 Å². The molecule has 102 valence electrons. The summed E-state index contributed by atoms with van der Waals surface area (Å²) in [4.78, 5) is 24.3. The molecule has 19 heavy (non-hydrogen) atoms. The molecule has 0 aliphatic carbocycles. The highest BCUT2D eigenvalue weighted by Crippen LogP contribution is 2.30. The topological polar surface area (TPSA) is 87.1 Å². The molecule has 2 N–H and O–H groups in total. The minimum atomic E-state index is -1.08. The van der Waals surface area contributed by atoms with Crippen LogP contribution in [0.1, 0.15) is 16.8 Å². The number of benzene rings is 1. The fourth-order valence-electron chi connectivity index (χ4n) is 2.18. The summed E-state index contributed by atoms with van der Waals surface area (Å²) in [7, 11) is 1.38. The first-order valence-corrected chi connectivity index (χ1v) is 5.89. The van der Waals surface area contributed by atoms with Crippen molar-refractivity contribution < 1.29 is 24.5 Å². The third kappa shape index (κ3) is 2.53. The summed E-state index contributed by atoms with van der Waals surface area (Å²) in [5.74, 6) is -1.02. The van der Waals surface area contributed by atoms with E-state index in [0.717, 1.165) is 0 Å². The van der Waals surface area contributed by atoms with Gasteiger partial charge in [0.25, 0.3) is 0 Å². The Morgan fingerprint density at radius 3 is 2.79 bits per heavy atom. The summed E-state index contributed by atoms with van der Waals surface area (Å²) in [6, 6.07) is 4.51. The van der Waals surface area contributed by atoms with Gasteiger partial charge in [-0.25, -0.2) is 4.79 Å². The lowest BCUT2D eigenvalue weighted by Crippen LogP contribution is -2.25. The first kappa shape index (κ1) is 13.4. The lowest BCUT2D eigenvalue weighted by molar-refractivity contribution is -0.117. The number of hydrogen-bond donors (Lipinski definition) is 2. The Bertz CT molecular complexity index is 514. The van der Waals surface area contributed by atoms with Gasteiger partial charge in [0.15, 0.2) is 0 Å². The third-order valence-corrected chi connectivity index (χ3v) is 3.19. The van der Waals surface area contributed by atoms with Gasteiger partial charge in [-0.1, -0.05) is 0 Å². The summed E-state index contributed by atoms with van der Waals surface area (Å²) >= 11 is 0. The van der Waals surface area contributed by atoms with Gasteiger partial charge in [-0.15, -0.1) is 0 Å². The summed E-state index contributed by atoms with van der Waals surface area (Å²) in [6.07, 6.45) is 0.305. The summed E-state index contributed by atoms with van der Waals surface area (Å²) < 4.78 is 5.03. The molecular formula is C13H15NO5. The smallest absolute Gasteiger partial charge is 0.339 e. The SMILES string of the molecule is COc1cc(N2CC(CO)CC2=O)ccc1C(=O)O. The first-order valence-electron chi connectivity index (χ1n) is 5.89. The molecule has 0 bridgehead atoms. The molecule has 0 spiro atoms. The molecule has 1 aromatic rings. The molecule has 1 heterocycles. The molecule has 1 saturated heterocycles. The number of hydrogen-bond acceptors (Lipinski definition) is 4. The Morgan fingerprint density at radius 2 is 2.26 bits per heavy atom. The number of carbonyl (C=O) groups is 2. The van der Waals surface area contributed by atoms with Crippen LogP contribution in [0.2, 0.25) is 0 Å². The zero-order valence-electron chi connectivity index (χ0n) is 10.5. The average Bonchev–Trinajstić information content (AvgIpc) is 2.79. The van der Waals surface area contributed by atoms with E-state index in [1.165, 1.54) is 24.1 Å². The van der Waals surface area contributed by atoms with Crippen molar-refractivity contribution in [3.05, 3.63) is 23.8 Å². The van der Waals surface area contributed by atoms with Gasteiger partial charge in [-0.05, 0) is 12.1 Å². The zero-order valence-corrected chi connectivity index (χ0v) is 10.5. The normalized spacial score (nSPS) is 18.7. The summed E-state index contributed by atoms with van der Waals surface area (Å²) in [6.45, 7) is 0.400. The number of methoxy groups -OCH3 is 1. The standard InChI is InChI=1S/C13H15NO5/c1-19-11-5-9(2-3-10(11)13(17)18)14-6-8(7-15)4-12(14)16/h2-3,5,8,15H,4,6-7H2,1H3,(H,17,18). The Labute approximate surface area is 110 Å². The van der Waals surface area contributed by atoms with Gasteiger partial charge >= 0.3 is 5.97 Å². The molecule has 1 unspecified atom stereocenters. The van der Waals surface area contributed by atoms with Crippen molar-refractivity contribution in [2.45, 2.75) is 6.42 Å². The predicted molar refractivity (Wildman–Crippen MR) is 67.5 cm³/mol. The number of aliphatic hydroxyl groups is 1. The fourth-order valence-corrected chi connectivity index (χ4v) is 2.18. The van der Waals surface area contributed by atoms with Crippen LogP contribution in [0.3, 0.4) is 0 Å². The molecule has 6 heteroatoms. The van der Waals surface area contributed by atoms with Crippen molar-refractivity contribution in [2.24, 2.45) is 5.92 Å². The maximum atomic E-state index is 11.8. The highest BCUT2D eigenvalue weighted by molar-refractivity contribution is 5.97. The van der Waals surface area contributed by atoms with Crippen molar-refractivity contribution in [2.75, 3.05) is 25.2 Å². The van der Waals surface area contributed by atoms with Crippen LogP contribution in [-0.4, -0.2) is 42.4 Å². The molecule has 1 aliphatic heterocycles. The van der Waals surface area contributed by atoms with Crippen LogP contribution in [0, 0.1) is 5.92 Å². The number of nitrogens with zero attached hydrogens (tertiary/aromatic N) is 1. The van der Waals surface area contributed by atoms with E-state index in [4.69, 9.17) is 14.9 Å². The molecule has 1 atom stereocenters. The molecule has 0 aromatic heterocycles. The molecule has 1 fully saturated rings.